The number of amides is 1. The zero-order chi connectivity index (χ0) is 15.2. The Morgan fingerprint density at radius 3 is 2.29 bits per heavy atom. The number of hydrogen-bond donors (Lipinski definition) is 0. The van der Waals surface area contributed by atoms with E-state index < -0.39 is 0 Å². The molecule has 0 spiro atoms. The highest BCUT2D eigenvalue weighted by atomic mass is 16.5. The molecule has 0 aliphatic carbocycles. The minimum absolute atomic E-state index is 0.0570. The minimum atomic E-state index is 0.0570. The standard InChI is InChI=1S/C18H21NO2/c1-4-19(5-2)18(20)16-12-11-15(21-3)13-17(16)14-9-7-6-8-10-14/h6-13H,4-5H2,1-3H3. The Morgan fingerprint density at radius 1 is 1.05 bits per heavy atom. The first-order valence-corrected chi connectivity index (χ1v) is 7.24. The molecule has 2 rings (SSSR count). The molecule has 0 radical (unpaired) electrons. The van der Waals surface area contributed by atoms with Crippen molar-refractivity contribution in [2.75, 3.05) is 20.2 Å². The van der Waals surface area contributed by atoms with Crippen LogP contribution in [0.2, 0.25) is 0 Å². The quantitative estimate of drug-likeness (QED) is 0.834. The van der Waals surface area contributed by atoms with Gasteiger partial charge in [-0.05, 0) is 43.2 Å². The largest absolute Gasteiger partial charge is 0.497 e. The van der Waals surface area contributed by atoms with Crippen LogP contribution in [0, 0.1) is 0 Å². The van der Waals surface area contributed by atoms with Crippen molar-refractivity contribution in [1.82, 2.24) is 4.90 Å². The van der Waals surface area contributed by atoms with Crippen molar-refractivity contribution in [2.45, 2.75) is 13.8 Å². The molecule has 0 heterocycles. The normalized spacial score (nSPS) is 10.2. The van der Waals surface area contributed by atoms with E-state index in [1.807, 2.05) is 67.3 Å². The van der Waals surface area contributed by atoms with Gasteiger partial charge in [0.2, 0.25) is 0 Å². The van der Waals surface area contributed by atoms with E-state index >= 15 is 0 Å². The average molecular weight is 283 g/mol. The minimum Gasteiger partial charge on any atom is -0.497 e. The van der Waals surface area contributed by atoms with E-state index in [0.29, 0.717) is 18.7 Å². The summed E-state index contributed by atoms with van der Waals surface area (Å²) in [5.74, 6) is 0.812. The van der Waals surface area contributed by atoms with Crippen LogP contribution in [0.5, 0.6) is 5.75 Å². The van der Waals surface area contributed by atoms with Crippen LogP contribution >= 0.6 is 0 Å². The monoisotopic (exact) mass is 283 g/mol. The van der Waals surface area contributed by atoms with Gasteiger partial charge >= 0.3 is 0 Å². The molecule has 0 N–H and O–H groups in total. The third-order valence-corrected chi connectivity index (χ3v) is 3.59. The topological polar surface area (TPSA) is 29.5 Å². The van der Waals surface area contributed by atoms with Gasteiger partial charge in [0.15, 0.2) is 0 Å². The molecule has 0 aliphatic rings. The lowest BCUT2D eigenvalue weighted by molar-refractivity contribution is 0.0773. The summed E-state index contributed by atoms with van der Waals surface area (Å²) in [5.41, 5.74) is 2.64. The van der Waals surface area contributed by atoms with Gasteiger partial charge in [-0.3, -0.25) is 4.79 Å². The molecule has 0 aliphatic heterocycles. The van der Waals surface area contributed by atoms with Crippen LogP contribution in [0.4, 0.5) is 0 Å². The molecule has 0 fully saturated rings. The predicted octanol–water partition coefficient (Wildman–Crippen LogP) is 3.84. The molecule has 110 valence electrons. The van der Waals surface area contributed by atoms with Gasteiger partial charge in [0.1, 0.15) is 5.75 Å². The molecule has 2 aromatic carbocycles. The van der Waals surface area contributed by atoms with E-state index in [-0.39, 0.29) is 5.91 Å². The second-order valence-corrected chi connectivity index (χ2v) is 4.75. The zero-order valence-electron chi connectivity index (χ0n) is 12.8. The Kier molecular flexibility index (Phi) is 4.99. The fourth-order valence-corrected chi connectivity index (χ4v) is 2.37. The lowest BCUT2D eigenvalue weighted by Crippen LogP contribution is -2.30. The van der Waals surface area contributed by atoms with E-state index in [1.165, 1.54) is 0 Å². The van der Waals surface area contributed by atoms with Gasteiger partial charge in [0, 0.05) is 18.7 Å². The summed E-state index contributed by atoms with van der Waals surface area (Å²) in [6.45, 7) is 5.39. The van der Waals surface area contributed by atoms with Gasteiger partial charge in [-0.2, -0.15) is 0 Å². The average Bonchev–Trinajstić information content (AvgIpc) is 2.56. The van der Waals surface area contributed by atoms with Gasteiger partial charge in [0.25, 0.3) is 5.91 Å². The van der Waals surface area contributed by atoms with Gasteiger partial charge < -0.3 is 9.64 Å². The van der Waals surface area contributed by atoms with E-state index in [4.69, 9.17) is 4.74 Å². The predicted molar refractivity (Wildman–Crippen MR) is 85.7 cm³/mol. The van der Waals surface area contributed by atoms with Crippen LogP contribution < -0.4 is 4.74 Å². The Hall–Kier alpha value is -2.29. The maximum Gasteiger partial charge on any atom is 0.254 e. The van der Waals surface area contributed by atoms with Gasteiger partial charge in [-0.25, -0.2) is 0 Å². The fourth-order valence-electron chi connectivity index (χ4n) is 2.37. The first kappa shape index (κ1) is 15.1. The van der Waals surface area contributed by atoms with Crippen molar-refractivity contribution in [1.29, 1.82) is 0 Å². The Balaban J connectivity index is 2.53. The molecule has 0 unspecified atom stereocenters. The van der Waals surface area contributed by atoms with Crippen LogP contribution in [-0.2, 0) is 0 Å². The summed E-state index contributed by atoms with van der Waals surface area (Å²) in [6, 6.07) is 15.5. The summed E-state index contributed by atoms with van der Waals surface area (Å²) in [6.07, 6.45) is 0. The third kappa shape index (κ3) is 3.24. The molecule has 0 bridgehead atoms. The number of ether oxygens (including phenoxy) is 1. The molecule has 0 saturated carbocycles. The number of hydrogen-bond acceptors (Lipinski definition) is 2. The van der Waals surface area contributed by atoms with Gasteiger partial charge in [-0.1, -0.05) is 30.3 Å². The molecule has 2 aromatic rings. The van der Waals surface area contributed by atoms with Crippen LogP contribution in [0.3, 0.4) is 0 Å². The molecule has 3 nitrogen and oxygen atoms in total. The number of methoxy groups -OCH3 is 1. The number of nitrogens with zero attached hydrogens (tertiary/aromatic N) is 1. The maximum absolute atomic E-state index is 12.7. The van der Waals surface area contributed by atoms with E-state index in [9.17, 15) is 4.79 Å². The van der Waals surface area contributed by atoms with Crippen molar-refractivity contribution >= 4 is 5.91 Å². The number of carbonyl (C=O) groups excluding carboxylic acids is 1. The zero-order valence-corrected chi connectivity index (χ0v) is 12.8. The van der Waals surface area contributed by atoms with Crippen molar-refractivity contribution in [3.8, 4) is 16.9 Å². The Morgan fingerprint density at radius 2 is 1.71 bits per heavy atom. The Labute approximate surface area is 126 Å². The van der Waals surface area contributed by atoms with E-state index in [2.05, 4.69) is 0 Å². The number of rotatable bonds is 5. The third-order valence-electron chi connectivity index (χ3n) is 3.59. The van der Waals surface area contributed by atoms with Crippen LogP contribution in [0.15, 0.2) is 48.5 Å². The summed E-state index contributed by atoms with van der Waals surface area (Å²) < 4.78 is 5.30. The maximum atomic E-state index is 12.7. The summed E-state index contributed by atoms with van der Waals surface area (Å²) in [4.78, 5) is 14.5. The van der Waals surface area contributed by atoms with Crippen LogP contribution in [0.25, 0.3) is 11.1 Å². The summed E-state index contributed by atoms with van der Waals surface area (Å²) in [7, 11) is 1.63. The molecule has 1 amide bonds. The van der Waals surface area contributed by atoms with E-state index in [0.717, 1.165) is 16.9 Å². The second-order valence-electron chi connectivity index (χ2n) is 4.75. The lowest BCUT2D eigenvalue weighted by Gasteiger charge is -2.21. The Bertz CT molecular complexity index is 604. The smallest absolute Gasteiger partial charge is 0.254 e. The van der Waals surface area contributed by atoms with Crippen molar-refractivity contribution in [3.63, 3.8) is 0 Å². The second kappa shape index (κ2) is 6.93. The fraction of sp³-hybridized carbons (Fsp3) is 0.278. The van der Waals surface area contributed by atoms with Gasteiger partial charge in [0.05, 0.1) is 7.11 Å². The molecule has 21 heavy (non-hydrogen) atoms. The number of carbonyl (C=O) groups is 1. The highest BCUT2D eigenvalue weighted by molar-refractivity contribution is 6.01. The molecule has 0 saturated heterocycles. The van der Waals surface area contributed by atoms with Crippen molar-refractivity contribution in [2.24, 2.45) is 0 Å². The summed E-state index contributed by atoms with van der Waals surface area (Å²) >= 11 is 0. The molecule has 0 atom stereocenters. The van der Waals surface area contributed by atoms with Crippen LogP contribution in [-0.4, -0.2) is 31.0 Å². The molecule has 0 aromatic heterocycles. The van der Waals surface area contributed by atoms with Gasteiger partial charge in [-0.15, -0.1) is 0 Å². The molecule has 3 heteroatoms. The highest BCUT2D eigenvalue weighted by Gasteiger charge is 2.18. The number of benzene rings is 2. The van der Waals surface area contributed by atoms with Crippen molar-refractivity contribution in [3.05, 3.63) is 54.1 Å². The van der Waals surface area contributed by atoms with E-state index in [1.54, 1.807) is 7.11 Å². The molecular weight excluding hydrogens is 262 g/mol. The molecular formula is C18H21NO2. The summed E-state index contributed by atoms with van der Waals surface area (Å²) in [5, 5.41) is 0. The SMILES string of the molecule is CCN(CC)C(=O)c1ccc(OC)cc1-c1ccccc1. The lowest BCUT2D eigenvalue weighted by atomic mass is 9.98. The first-order chi connectivity index (χ1) is 10.2. The van der Waals surface area contributed by atoms with Crippen LogP contribution in [0.1, 0.15) is 24.2 Å². The highest BCUT2D eigenvalue weighted by Crippen LogP contribution is 2.28. The first-order valence-electron chi connectivity index (χ1n) is 7.24. The van der Waals surface area contributed by atoms with Crippen molar-refractivity contribution < 1.29 is 9.53 Å².